The van der Waals surface area contributed by atoms with Gasteiger partial charge in [0.1, 0.15) is 0 Å². The first-order valence-electron chi connectivity index (χ1n) is 7.26. The standard InChI is InChI=1S/C15H20N2O6S/c1-15(5-6-24(20,21)9-15)17-14(19)10-3-4-11(12(7-10)22-2)23-8-13(16)18/h3-4,7H,5-6,8-9H2,1-2H3,(H2,16,18)(H,17,19). The van der Waals surface area contributed by atoms with Gasteiger partial charge >= 0.3 is 0 Å². The number of carbonyl (C=O) groups excluding carboxylic acids is 2. The smallest absolute Gasteiger partial charge is 0.255 e. The van der Waals surface area contributed by atoms with Crippen molar-refractivity contribution in [3.05, 3.63) is 23.8 Å². The number of amides is 2. The van der Waals surface area contributed by atoms with Crippen LogP contribution in [0.2, 0.25) is 0 Å². The van der Waals surface area contributed by atoms with Crippen molar-refractivity contribution in [2.75, 3.05) is 25.2 Å². The molecule has 0 aliphatic carbocycles. The second-order valence-electron chi connectivity index (χ2n) is 5.98. The van der Waals surface area contributed by atoms with Crippen LogP contribution in [0.5, 0.6) is 11.5 Å². The van der Waals surface area contributed by atoms with Gasteiger partial charge in [0.25, 0.3) is 11.8 Å². The number of carbonyl (C=O) groups is 2. The molecule has 1 aromatic carbocycles. The van der Waals surface area contributed by atoms with Crippen LogP contribution in [0.4, 0.5) is 0 Å². The Morgan fingerprint density at radius 1 is 1.33 bits per heavy atom. The quantitative estimate of drug-likeness (QED) is 0.731. The first-order chi connectivity index (χ1) is 11.1. The molecule has 132 valence electrons. The molecule has 3 N–H and O–H groups in total. The third kappa shape index (κ3) is 4.38. The van der Waals surface area contributed by atoms with Crippen molar-refractivity contribution < 1.29 is 27.5 Å². The highest BCUT2D eigenvalue weighted by Gasteiger charge is 2.39. The molecule has 1 atom stereocenters. The van der Waals surface area contributed by atoms with Crippen molar-refractivity contribution in [2.24, 2.45) is 5.73 Å². The minimum atomic E-state index is -3.12. The average Bonchev–Trinajstić information content (AvgIpc) is 2.78. The number of nitrogens with one attached hydrogen (secondary N) is 1. The summed E-state index contributed by atoms with van der Waals surface area (Å²) >= 11 is 0. The number of hydrogen-bond donors (Lipinski definition) is 2. The molecule has 0 spiro atoms. The second kappa shape index (κ2) is 6.68. The summed E-state index contributed by atoms with van der Waals surface area (Å²) in [5, 5.41) is 2.76. The molecule has 1 unspecified atom stereocenters. The van der Waals surface area contributed by atoms with Crippen LogP contribution in [-0.2, 0) is 14.6 Å². The Morgan fingerprint density at radius 3 is 2.58 bits per heavy atom. The van der Waals surface area contributed by atoms with E-state index in [2.05, 4.69) is 5.32 Å². The van der Waals surface area contributed by atoms with Gasteiger partial charge in [0, 0.05) is 5.56 Å². The molecule has 24 heavy (non-hydrogen) atoms. The number of primary amides is 1. The largest absolute Gasteiger partial charge is 0.493 e. The second-order valence-corrected chi connectivity index (χ2v) is 8.16. The lowest BCUT2D eigenvalue weighted by molar-refractivity contribution is -0.119. The van der Waals surface area contributed by atoms with E-state index >= 15 is 0 Å². The number of nitrogens with two attached hydrogens (primary N) is 1. The number of benzene rings is 1. The number of ether oxygens (including phenoxy) is 2. The monoisotopic (exact) mass is 356 g/mol. The van der Waals surface area contributed by atoms with E-state index in [1.807, 2.05) is 0 Å². The molecule has 0 aromatic heterocycles. The molecule has 8 nitrogen and oxygen atoms in total. The Hall–Kier alpha value is -2.29. The molecule has 1 fully saturated rings. The van der Waals surface area contributed by atoms with E-state index in [4.69, 9.17) is 15.2 Å². The molecule has 2 rings (SSSR count). The predicted octanol–water partition coefficient (Wildman–Crippen LogP) is -0.134. The molecular weight excluding hydrogens is 336 g/mol. The first-order valence-corrected chi connectivity index (χ1v) is 9.08. The molecular formula is C15H20N2O6S. The number of hydrogen-bond acceptors (Lipinski definition) is 6. The van der Waals surface area contributed by atoms with Crippen molar-refractivity contribution in [1.82, 2.24) is 5.32 Å². The lowest BCUT2D eigenvalue weighted by Gasteiger charge is -2.24. The lowest BCUT2D eigenvalue weighted by Crippen LogP contribution is -2.46. The summed E-state index contributed by atoms with van der Waals surface area (Å²) in [6, 6.07) is 4.45. The Labute approximate surface area is 140 Å². The normalized spacial score (nSPS) is 21.9. The van der Waals surface area contributed by atoms with Gasteiger partial charge in [0.15, 0.2) is 27.9 Å². The van der Waals surface area contributed by atoms with Gasteiger partial charge in [-0.3, -0.25) is 9.59 Å². The maximum Gasteiger partial charge on any atom is 0.255 e. The van der Waals surface area contributed by atoms with Crippen molar-refractivity contribution in [1.29, 1.82) is 0 Å². The summed E-state index contributed by atoms with van der Waals surface area (Å²) in [6.07, 6.45) is 0.373. The SMILES string of the molecule is COc1cc(C(=O)NC2(C)CCS(=O)(=O)C2)ccc1OCC(N)=O. The van der Waals surface area contributed by atoms with Crippen LogP contribution >= 0.6 is 0 Å². The van der Waals surface area contributed by atoms with Gasteiger partial charge in [0.05, 0.1) is 24.2 Å². The molecule has 0 bridgehead atoms. The summed E-state index contributed by atoms with van der Waals surface area (Å²) in [5.74, 6) is -0.505. The fourth-order valence-corrected chi connectivity index (χ4v) is 4.63. The fourth-order valence-electron chi connectivity index (χ4n) is 2.53. The van der Waals surface area contributed by atoms with Crippen molar-refractivity contribution in [2.45, 2.75) is 18.9 Å². The maximum atomic E-state index is 12.4. The van der Waals surface area contributed by atoms with Gasteiger partial charge in [-0.1, -0.05) is 0 Å². The van der Waals surface area contributed by atoms with Crippen LogP contribution in [0, 0.1) is 0 Å². The molecule has 1 aromatic rings. The van der Waals surface area contributed by atoms with Crippen LogP contribution in [0.3, 0.4) is 0 Å². The van der Waals surface area contributed by atoms with Gasteiger partial charge in [-0.2, -0.15) is 0 Å². The Balaban J connectivity index is 2.14. The van der Waals surface area contributed by atoms with E-state index in [9.17, 15) is 18.0 Å². The van der Waals surface area contributed by atoms with Crippen molar-refractivity contribution >= 4 is 21.7 Å². The molecule has 1 aliphatic heterocycles. The van der Waals surface area contributed by atoms with Gasteiger partial charge in [0.2, 0.25) is 0 Å². The van der Waals surface area contributed by atoms with Gasteiger partial charge in [-0.15, -0.1) is 0 Å². The van der Waals surface area contributed by atoms with E-state index in [0.717, 1.165) is 0 Å². The summed E-state index contributed by atoms with van der Waals surface area (Å²) in [4.78, 5) is 23.2. The molecule has 2 amide bonds. The highest BCUT2D eigenvalue weighted by molar-refractivity contribution is 7.91. The van der Waals surface area contributed by atoms with E-state index in [1.54, 1.807) is 6.92 Å². The van der Waals surface area contributed by atoms with Crippen molar-refractivity contribution in [3.8, 4) is 11.5 Å². The van der Waals surface area contributed by atoms with E-state index in [0.29, 0.717) is 12.0 Å². The zero-order valence-electron chi connectivity index (χ0n) is 13.5. The molecule has 1 aliphatic rings. The number of rotatable bonds is 6. The van der Waals surface area contributed by atoms with E-state index in [-0.39, 0.29) is 29.6 Å². The van der Waals surface area contributed by atoms with Gasteiger partial charge in [-0.05, 0) is 31.5 Å². The van der Waals surface area contributed by atoms with E-state index < -0.39 is 27.2 Å². The zero-order valence-corrected chi connectivity index (χ0v) is 14.3. The van der Waals surface area contributed by atoms with Crippen LogP contribution in [0.25, 0.3) is 0 Å². The molecule has 0 saturated carbocycles. The molecule has 1 heterocycles. The highest BCUT2D eigenvalue weighted by atomic mass is 32.2. The minimum Gasteiger partial charge on any atom is -0.493 e. The maximum absolute atomic E-state index is 12.4. The van der Waals surface area contributed by atoms with Gasteiger partial charge in [-0.25, -0.2) is 8.42 Å². The van der Waals surface area contributed by atoms with Crippen LogP contribution in [-0.4, -0.2) is 51.0 Å². The predicted molar refractivity (Wildman–Crippen MR) is 86.8 cm³/mol. The summed E-state index contributed by atoms with van der Waals surface area (Å²) in [6.45, 7) is 1.40. The third-order valence-electron chi connectivity index (χ3n) is 3.71. The Morgan fingerprint density at radius 2 is 2.04 bits per heavy atom. The van der Waals surface area contributed by atoms with Crippen LogP contribution < -0.4 is 20.5 Å². The van der Waals surface area contributed by atoms with Crippen LogP contribution in [0.1, 0.15) is 23.7 Å². The summed E-state index contributed by atoms with van der Waals surface area (Å²) in [7, 11) is -1.72. The summed E-state index contributed by atoms with van der Waals surface area (Å²) < 4.78 is 33.6. The zero-order chi connectivity index (χ0) is 18.0. The Bertz CT molecular complexity index is 761. The van der Waals surface area contributed by atoms with Crippen molar-refractivity contribution in [3.63, 3.8) is 0 Å². The topological polar surface area (TPSA) is 125 Å². The number of methoxy groups -OCH3 is 1. The lowest BCUT2D eigenvalue weighted by atomic mass is 10.0. The highest BCUT2D eigenvalue weighted by Crippen LogP contribution is 2.29. The third-order valence-corrected chi connectivity index (χ3v) is 5.62. The van der Waals surface area contributed by atoms with Crippen LogP contribution in [0.15, 0.2) is 18.2 Å². The fraction of sp³-hybridized carbons (Fsp3) is 0.467. The molecule has 1 saturated heterocycles. The average molecular weight is 356 g/mol. The number of sulfone groups is 1. The Kier molecular flexibility index (Phi) is 5.02. The molecule has 0 radical (unpaired) electrons. The van der Waals surface area contributed by atoms with E-state index in [1.165, 1.54) is 25.3 Å². The van der Waals surface area contributed by atoms with Gasteiger partial charge < -0.3 is 20.5 Å². The first kappa shape index (κ1) is 18.1. The summed E-state index contributed by atoms with van der Waals surface area (Å²) in [5.41, 5.74) is 4.53. The molecule has 9 heteroatoms. The minimum absolute atomic E-state index is 0.0625.